The number of unbranched alkanes of at least 4 members (excludes halogenated alkanes) is 1. The van der Waals surface area contributed by atoms with E-state index >= 15 is 0 Å². The lowest BCUT2D eigenvalue weighted by Gasteiger charge is -2.13. The van der Waals surface area contributed by atoms with Gasteiger partial charge in [0.1, 0.15) is 5.75 Å². The van der Waals surface area contributed by atoms with E-state index in [-0.39, 0.29) is 0 Å². The molecule has 0 amide bonds. The maximum Gasteiger partial charge on any atom is 0.170 e. The normalized spacial score (nSPS) is 10.2. The van der Waals surface area contributed by atoms with E-state index in [2.05, 4.69) is 30.5 Å². The van der Waals surface area contributed by atoms with Crippen molar-refractivity contribution in [3.63, 3.8) is 0 Å². The van der Waals surface area contributed by atoms with Crippen molar-refractivity contribution in [3.8, 4) is 5.75 Å². The van der Waals surface area contributed by atoms with Gasteiger partial charge >= 0.3 is 0 Å². The Balaban J connectivity index is 1.61. The van der Waals surface area contributed by atoms with E-state index in [4.69, 9.17) is 17.0 Å². The summed E-state index contributed by atoms with van der Waals surface area (Å²) in [5, 5.41) is 7.17. The molecule has 3 nitrogen and oxygen atoms in total. The molecule has 0 aromatic heterocycles. The highest BCUT2D eigenvalue weighted by Gasteiger charge is 2.02. The van der Waals surface area contributed by atoms with Gasteiger partial charge in [0.2, 0.25) is 0 Å². The Kier molecular flexibility index (Phi) is 6.88. The molecular weight excluding hydrogens is 304 g/mol. The Hall–Kier alpha value is -2.07. The van der Waals surface area contributed by atoms with E-state index in [0.29, 0.717) is 5.11 Å². The fourth-order valence-electron chi connectivity index (χ4n) is 2.19. The lowest BCUT2D eigenvalue weighted by Crippen LogP contribution is -2.29. The molecule has 0 saturated heterocycles. The number of hydrogen-bond acceptors (Lipinski definition) is 2. The van der Waals surface area contributed by atoms with E-state index < -0.39 is 0 Å². The quantitative estimate of drug-likeness (QED) is 0.581. The average Bonchev–Trinajstić information content (AvgIpc) is 2.56. The van der Waals surface area contributed by atoms with Gasteiger partial charge in [-0.25, -0.2) is 0 Å². The van der Waals surface area contributed by atoms with Gasteiger partial charge in [0.25, 0.3) is 0 Å². The number of nitrogens with one attached hydrogen (secondary N) is 2. The fraction of sp³-hybridized carbons (Fsp3) is 0.316. The maximum absolute atomic E-state index is 5.66. The summed E-state index contributed by atoms with van der Waals surface area (Å²) in [5.41, 5.74) is 3.55. The molecule has 0 aliphatic carbocycles. The summed E-state index contributed by atoms with van der Waals surface area (Å²) in [6.07, 6.45) is 2.01. The van der Waals surface area contributed by atoms with E-state index in [1.165, 1.54) is 11.1 Å². The zero-order valence-corrected chi connectivity index (χ0v) is 14.6. The van der Waals surface area contributed by atoms with Crippen molar-refractivity contribution in [3.05, 3.63) is 59.7 Å². The first-order valence-electron chi connectivity index (χ1n) is 7.96. The largest absolute Gasteiger partial charge is 0.494 e. The molecule has 0 aliphatic heterocycles. The van der Waals surface area contributed by atoms with Crippen LogP contribution in [0.4, 0.5) is 5.69 Å². The average molecular weight is 328 g/mol. The van der Waals surface area contributed by atoms with Gasteiger partial charge < -0.3 is 15.4 Å². The monoisotopic (exact) mass is 328 g/mol. The summed E-state index contributed by atoms with van der Waals surface area (Å²) in [6.45, 7) is 5.77. The van der Waals surface area contributed by atoms with Crippen molar-refractivity contribution in [2.75, 3.05) is 18.5 Å². The van der Waals surface area contributed by atoms with Crippen LogP contribution in [0.1, 0.15) is 24.0 Å². The van der Waals surface area contributed by atoms with Crippen molar-refractivity contribution in [2.45, 2.75) is 26.7 Å². The molecule has 0 fully saturated rings. The predicted octanol–water partition coefficient (Wildman–Crippen LogP) is 4.45. The number of ether oxygens (including phenoxy) is 1. The summed E-state index contributed by atoms with van der Waals surface area (Å²) in [7, 11) is 0. The number of hydrogen-bond donors (Lipinski definition) is 2. The second kappa shape index (κ2) is 9.16. The molecule has 2 rings (SSSR count). The van der Waals surface area contributed by atoms with Crippen LogP contribution in [0.15, 0.2) is 48.5 Å². The molecule has 0 atom stereocenters. The Morgan fingerprint density at radius 3 is 2.57 bits per heavy atom. The van der Waals surface area contributed by atoms with Crippen LogP contribution in [0, 0.1) is 13.8 Å². The molecule has 23 heavy (non-hydrogen) atoms. The highest BCUT2D eigenvalue weighted by Crippen LogP contribution is 2.17. The van der Waals surface area contributed by atoms with Gasteiger partial charge in [-0.15, -0.1) is 0 Å². The molecular formula is C19H24N2OS. The molecule has 2 aromatic rings. The lowest BCUT2D eigenvalue weighted by molar-refractivity contribution is 0.307. The van der Waals surface area contributed by atoms with Crippen LogP contribution < -0.4 is 15.4 Å². The minimum Gasteiger partial charge on any atom is -0.494 e. The molecule has 0 bridgehead atoms. The zero-order valence-electron chi connectivity index (χ0n) is 13.8. The van der Waals surface area contributed by atoms with Crippen LogP contribution >= 0.6 is 12.2 Å². The molecule has 0 aliphatic rings. The second-order valence-electron chi connectivity index (χ2n) is 5.50. The third kappa shape index (κ3) is 5.91. The summed E-state index contributed by atoms with van der Waals surface area (Å²) >= 11 is 5.34. The minimum atomic E-state index is 0.669. The molecule has 0 heterocycles. The van der Waals surface area contributed by atoms with Gasteiger partial charge in [0.15, 0.2) is 5.11 Å². The van der Waals surface area contributed by atoms with Crippen molar-refractivity contribution >= 4 is 23.0 Å². The number of benzene rings is 2. The molecule has 0 spiro atoms. The number of para-hydroxylation sites is 1. The fourth-order valence-corrected chi connectivity index (χ4v) is 2.40. The summed E-state index contributed by atoms with van der Waals surface area (Å²) in [4.78, 5) is 0. The maximum atomic E-state index is 5.66. The van der Waals surface area contributed by atoms with Crippen LogP contribution in [0.5, 0.6) is 5.75 Å². The molecule has 0 unspecified atom stereocenters. The standard InChI is InChI=1S/C19H24N2OS/c1-15-9-8-12-18(16(15)2)21-19(23)20-13-6-7-14-22-17-10-4-3-5-11-17/h3-5,8-12H,6-7,13-14H2,1-2H3,(H2,20,21,23). The van der Waals surface area contributed by atoms with Gasteiger partial charge in [-0.2, -0.15) is 0 Å². The van der Waals surface area contributed by atoms with Crippen molar-refractivity contribution in [2.24, 2.45) is 0 Å². The van der Waals surface area contributed by atoms with Crippen molar-refractivity contribution < 1.29 is 4.74 Å². The minimum absolute atomic E-state index is 0.669. The number of rotatable bonds is 7. The molecule has 2 N–H and O–H groups in total. The van der Waals surface area contributed by atoms with Gasteiger partial charge in [-0.3, -0.25) is 0 Å². The Morgan fingerprint density at radius 1 is 1.00 bits per heavy atom. The third-order valence-corrected chi connectivity index (χ3v) is 3.97. The summed E-state index contributed by atoms with van der Waals surface area (Å²) in [6, 6.07) is 16.1. The zero-order chi connectivity index (χ0) is 16.5. The second-order valence-corrected chi connectivity index (χ2v) is 5.91. The highest BCUT2D eigenvalue weighted by molar-refractivity contribution is 7.80. The Morgan fingerprint density at radius 2 is 1.78 bits per heavy atom. The molecule has 0 radical (unpaired) electrons. The topological polar surface area (TPSA) is 33.3 Å². The van der Waals surface area contributed by atoms with Crippen LogP contribution in [-0.2, 0) is 0 Å². The smallest absolute Gasteiger partial charge is 0.170 e. The van der Waals surface area contributed by atoms with Gasteiger partial charge in [0, 0.05) is 12.2 Å². The van der Waals surface area contributed by atoms with Crippen LogP contribution in [0.3, 0.4) is 0 Å². The van der Waals surface area contributed by atoms with Crippen molar-refractivity contribution in [1.82, 2.24) is 5.32 Å². The number of aryl methyl sites for hydroxylation is 1. The highest BCUT2D eigenvalue weighted by atomic mass is 32.1. The van der Waals surface area contributed by atoms with Crippen LogP contribution in [-0.4, -0.2) is 18.3 Å². The lowest BCUT2D eigenvalue weighted by atomic mass is 10.1. The molecule has 4 heteroatoms. The van der Waals surface area contributed by atoms with Crippen LogP contribution in [0.2, 0.25) is 0 Å². The molecule has 122 valence electrons. The van der Waals surface area contributed by atoms with E-state index in [1.54, 1.807) is 0 Å². The van der Waals surface area contributed by atoms with E-state index in [0.717, 1.165) is 37.4 Å². The summed E-state index contributed by atoms with van der Waals surface area (Å²) < 4.78 is 5.66. The third-order valence-electron chi connectivity index (χ3n) is 3.72. The van der Waals surface area contributed by atoms with E-state index in [1.807, 2.05) is 42.5 Å². The first kappa shape index (κ1) is 17.3. The number of anilines is 1. The Bertz CT molecular complexity index is 629. The Labute approximate surface area is 144 Å². The van der Waals surface area contributed by atoms with Gasteiger partial charge in [0.05, 0.1) is 6.61 Å². The van der Waals surface area contributed by atoms with Crippen molar-refractivity contribution in [1.29, 1.82) is 0 Å². The predicted molar refractivity (Wildman–Crippen MR) is 101 cm³/mol. The van der Waals surface area contributed by atoms with Gasteiger partial charge in [-0.1, -0.05) is 30.3 Å². The van der Waals surface area contributed by atoms with E-state index in [9.17, 15) is 0 Å². The number of thiocarbonyl (C=S) groups is 1. The van der Waals surface area contributed by atoms with Crippen LogP contribution in [0.25, 0.3) is 0 Å². The summed E-state index contributed by atoms with van der Waals surface area (Å²) in [5.74, 6) is 0.924. The van der Waals surface area contributed by atoms with Gasteiger partial charge in [-0.05, 0) is 68.2 Å². The first-order chi connectivity index (χ1) is 11.2. The SMILES string of the molecule is Cc1cccc(NC(=S)NCCCCOc2ccccc2)c1C. The molecule has 0 saturated carbocycles. The molecule has 2 aromatic carbocycles. The first-order valence-corrected chi connectivity index (χ1v) is 8.36.